The zero-order chi connectivity index (χ0) is 20.8. The minimum Gasteiger partial charge on any atom is -0.328 e. The monoisotopic (exact) mass is 450 g/mol. The van der Waals surface area contributed by atoms with E-state index in [0.717, 1.165) is 21.3 Å². The zero-order valence-corrected chi connectivity index (χ0v) is 18.0. The molecule has 4 nitrogen and oxygen atoms in total. The Morgan fingerprint density at radius 1 is 0.966 bits per heavy atom. The van der Waals surface area contributed by atoms with E-state index in [9.17, 15) is 9.59 Å². The molecule has 3 rings (SSSR count). The lowest BCUT2D eigenvalue weighted by molar-refractivity contribution is -0.114. The second-order valence-corrected chi connectivity index (χ2v) is 7.82. The first kappa shape index (κ1) is 20.8. The molecule has 0 heterocycles. The first-order chi connectivity index (χ1) is 13.9. The first-order valence-corrected chi connectivity index (χ1v) is 10.2. The predicted molar refractivity (Wildman–Crippen MR) is 120 cm³/mol. The van der Waals surface area contributed by atoms with Crippen molar-refractivity contribution in [2.45, 2.75) is 26.4 Å². The van der Waals surface area contributed by atoms with Crippen molar-refractivity contribution in [3.63, 3.8) is 0 Å². The summed E-state index contributed by atoms with van der Waals surface area (Å²) in [4.78, 5) is 26.6. The number of anilines is 1. The van der Waals surface area contributed by atoms with Crippen LogP contribution in [0.2, 0.25) is 0 Å². The van der Waals surface area contributed by atoms with E-state index in [-0.39, 0.29) is 17.9 Å². The van der Waals surface area contributed by atoms with Crippen LogP contribution in [0.1, 0.15) is 41.4 Å². The molecule has 148 valence electrons. The van der Waals surface area contributed by atoms with Crippen LogP contribution in [0.25, 0.3) is 0 Å². The molecule has 29 heavy (non-hydrogen) atoms. The summed E-state index contributed by atoms with van der Waals surface area (Å²) in [6.45, 7) is 3.97. The summed E-state index contributed by atoms with van der Waals surface area (Å²) in [6.07, 6.45) is 0. The lowest BCUT2D eigenvalue weighted by Crippen LogP contribution is -2.33. The van der Waals surface area contributed by atoms with Gasteiger partial charge in [0.2, 0.25) is 5.91 Å². The van der Waals surface area contributed by atoms with Crippen molar-refractivity contribution in [1.82, 2.24) is 4.90 Å². The van der Waals surface area contributed by atoms with Gasteiger partial charge in [-0.25, -0.2) is 0 Å². The number of rotatable bonds is 6. The number of benzene rings is 3. The third-order valence-electron chi connectivity index (χ3n) is 4.70. The highest BCUT2D eigenvalue weighted by molar-refractivity contribution is 9.10. The summed E-state index contributed by atoms with van der Waals surface area (Å²) in [5.41, 5.74) is 3.37. The van der Waals surface area contributed by atoms with Crippen LogP contribution < -0.4 is 5.32 Å². The van der Waals surface area contributed by atoms with Crippen LogP contribution >= 0.6 is 15.9 Å². The second kappa shape index (κ2) is 9.52. The van der Waals surface area contributed by atoms with Gasteiger partial charge >= 0.3 is 0 Å². The van der Waals surface area contributed by atoms with Crippen molar-refractivity contribution >= 4 is 33.4 Å². The molecule has 0 fully saturated rings. The van der Waals surface area contributed by atoms with Gasteiger partial charge in [-0.05, 0) is 54.4 Å². The molecule has 1 N–H and O–H groups in total. The van der Waals surface area contributed by atoms with E-state index in [1.54, 1.807) is 0 Å². The molecular weight excluding hydrogens is 428 g/mol. The third-order valence-corrected chi connectivity index (χ3v) is 5.23. The molecule has 1 unspecified atom stereocenters. The Morgan fingerprint density at radius 2 is 1.66 bits per heavy atom. The van der Waals surface area contributed by atoms with E-state index in [2.05, 4.69) is 21.2 Å². The van der Waals surface area contributed by atoms with Crippen LogP contribution in [-0.2, 0) is 11.3 Å². The Morgan fingerprint density at radius 3 is 2.31 bits per heavy atom. The normalized spacial score (nSPS) is 11.6. The van der Waals surface area contributed by atoms with E-state index in [1.807, 2.05) is 90.7 Å². The van der Waals surface area contributed by atoms with Crippen molar-refractivity contribution in [3.8, 4) is 0 Å². The van der Waals surface area contributed by atoms with E-state index >= 15 is 0 Å². The predicted octanol–water partition coefficient (Wildman–Crippen LogP) is 5.81. The van der Waals surface area contributed by atoms with Crippen molar-refractivity contribution < 1.29 is 9.59 Å². The summed E-state index contributed by atoms with van der Waals surface area (Å²) >= 11 is 3.42. The Labute approximate surface area is 179 Å². The average molecular weight is 451 g/mol. The standard InChI is InChI=1S/C24H23BrN2O2/c1-17(21-9-6-10-23(15-21)26-18(2)28)27(16-19-7-4-3-5-8-19)24(29)20-11-13-22(25)14-12-20/h3-15,17H,16H2,1-2H3,(H,26,28). The Bertz CT molecular complexity index is 987. The van der Waals surface area contributed by atoms with Gasteiger partial charge in [0.05, 0.1) is 6.04 Å². The van der Waals surface area contributed by atoms with Crippen LogP contribution in [0.15, 0.2) is 83.3 Å². The van der Waals surface area contributed by atoms with Gasteiger partial charge in [0.15, 0.2) is 0 Å². The van der Waals surface area contributed by atoms with Gasteiger partial charge in [-0.15, -0.1) is 0 Å². The number of hydrogen-bond donors (Lipinski definition) is 1. The van der Waals surface area contributed by atoms with Crippen LogP contribution in [-0.4, -0.2) is 16.7 Å². The lowest BCUT2D eigenvalue weighted by Gasteiger charge is -2.30. The average Bonchev–Trinajstić information content (AvgIpc) is 2.72. The van der Waals surface area contributed by atoms with Gasteiger partial charge in [-0.3, -0.25) is 9.59 Å². The fraction of sp³-hybridized carbons (Fsp3) is 0.167. The van der Waals surface area contributed by atoms with Crippen molar-refractivity contribution in [2.24, 2.45) is 0 Å². The van der Waals surface area contributed by atoms with Crippen LogP contribution in [0.5, 0.6) is 0 Å². The number of nitrogens with zero attached hydrogens (tertiary/aromatic N) is 1. The van der Waals surface area contributed by atoms with Gasteiger partial charge in [0.25, 0.3) is 5.91 Å². The highest BCUT2D eigenvalue weighted by Gasteiger charge is 2.23. The molecule has 0 radical (unpaired) electrons. The van der Waals surface area contributed by atoms with Crippen molar-refractivity contribution in [2.75, 3.05) is 5.32 Å². The molecule has 0 aliphatic heterocycles. The summed E-state index contributed by atoms with van der Waals surface area (Å²) in [7, 11) is 0. The third kappa shape index (κ3) is 5.55. The minimum atomic E-state index is -0.180. The Hall–Kier alpha value is -2.92. The smallest absolute Gasteiger partial charge is 0.254 e. The van der Waals surface area contributed by atoms with Crippen molar-refractivity contribution in [3.05, 3.63) is 100 Å². The molecule has 0 aromatic heterocycles. The molecule has 2 amide bonds. The fourth-order valence-electron chi connectivity index (χ4n) is 3.18. The van der Waals surface area contributed by atoms with Gasteiger partial charge < -0.3 is 10.2 Å². The maximum Gasteiger partial charge on any atom is 0.254 e. The molecular formula is C24H23BrN2O2. The largest absolute Gasteiger partial charge is 0.328 e. The van der Waals surface area contributed by atoms with Crippen molar-refractivity contribution in [1.29, 1.82) is 0 Å². The highest BCUT2D eigenvalue weighted by Crippen LogP contribution is 2.27. The zero-order valence-electron chi connectivity index (χ0n) is 16.4. The molecule has 0 bridgehead atoms. The molecule has 5 heteroatoms. The first-order valence-electron chi connectivity index (χ1n) is 9.42. The number of nitrogens with one attached hydrogen (secondary N) is 1. The van der Waals surface area contributed by atoms with Gasteiger partial charge in [-0.1, -0.05) is 58.4 Å². The molecule has 0 saturated heterocycles. The lowest BCUT2D eigenvalue weighted by atomic mass is 10.0. The maximum absolute atomic E-state index is 13.4. The Balaban J connectivity index is 1.94. The summed E-state index contributed by atoms with van der Waals surface area (Å²) in [5.74, 6) is -0.166. The van der Waals surface area contributed by atoms with Gasteiger partial charge in [0.1, 0.15) is 0 Å². The molecule has 0 aliphatic carbocycles. The number of hydrogen-bond acceptors (Lipinski definition) is 2. The second-order valence-electron chi connectivity index (χ2n) is 6.91. The number of carbonyl (C=O) groups is 2. The molecule has 3 aromatic rings. The molecule has 1 atom stereocenters. The highest BCUT2D eigenvalue weighted by atomic mass is 79.9. The quantitative estimate of drug-likeness (QED) is 0.514. The van der Waals surface area contributed by atoms with Gasteiger partial charge in [-0.2, -0.15) is 0 Å². The topological polar surface area (TPSA) is 49.4 Å². The van der Waals surface area contributed by atoms with E-state index < -0.39 is 0 Å². The molecule has 0 aliphatic rings. The minimum absolute atomic E-state index is 0.0428. The fourth-order valence-corrected chi connectivity index (χ4v) is 3.45. The van der Waals surface area contributed by atoms with Crippen LogP contribution in [0.4, 0.5) is 5.69 Å². The number of carbonyl (C=O) groups excluding carboxylic acids is 2. The Kier molecular flexibility index (Phi) is 6.83. The molecule has 0 saturated carbocycles. The maximum atomic E-state index is 13.4. The van der Waals surface area contributed by atoms with E-state index in [4.69, 9.17) is 0 Å². The van der Waals surface area contributed by atoms with Crippen LogP contribution in [0, 0.1) is 0 Å². The molecule has 0 spiro atoms. The SMILES string of the molecule is CC(=O)Nc1cccc(C(C)N(Cc2ccccc2)C(=O)c2ccc(Br)cc2)c1. The number of amides is 2. The summed E-state index contributed by atoms with van der Waals surface area (Å²) in [6, 6.07) is 24.8. The molecule has 3 aromatic carbocycles. The van der Waals surface area contributed by atoms with E-state index in [0.29, 0.717) is 12.1 Å². The number of halogens is 1. The summed E-state index contributed by atoms with van der Waals surface area (Å²) < 4.78 is 0.930. The van der Waals surface area contributed by atoms with Crippen LogP contribution in [0.3, 0.4) is 0 Å². The van der Waals surface area contributed by atoms with Gasteiger partial charge in [0, 0.05) is 29.2 Å². The summed E-state index contributed by atoms with van der Waals surface area (Å²) in [5, 5.41) is 2.81. The van der Waals surface area contributed by atoms with E-state index in [1.165, 1.54) is 6.92 Å².